The van der Waals surface area contributed by atoms with Gasteiger partial charge in [0.1, 0.15) is 25.4 Å². The number of carbonyl (C=O) groups is 3. The molecule has 514 valence electrons. The van der Waals surface area contributed by atoms with Crippen molar-refractivity contribution in [3.63, 3.8) is 0 Å². The van der Waals surface area contributed by atoms with Crippen molar-refractivity contribution in [2.45, 2.75) is 296 Å². The first kappa shape index (κ1) is 85.5. The largest absolute Gasteiger partial charge is 0.472 e. The highest BCUT2D eigenvalue weighted by atomic mass is 31.2. The van der Waals surface area contributed by atoms with Gasteiger partial charge in [0.05, 0.1) is 26.4 Å². The number of carbonyl (C=O) groups excluding carboxylic acids is 3. The molecule has 0 heterocycles. The molecule has 0 saturated carbocycles. The van der Waals surface area contributed by atoms with Crippen molar-refractivity contribution in [1.29, 1.82) is 0 Å². The fraction of sp³-hybridized carbons (Fsp3) is 0.732. The van der Waals surface area contributed by atoms with Crippen LogP contribution >= 0.6 is 15.6 Å². The molecule has 0 bridgehead atoms. The lowest BCUT2D eigenvalue weighted by Gasteiger charge is -2.21. The van der Waals surface area contributed by atoms with Gasteiger partial charge in [-0.25, -0.2) is 9.13 Å². The van der Waals surface area contributed by atoms with Crippen molar-refractivity contribution >= 4 is 33.6 Å². The highest BCUT2D eigenvalue weighted by Crippen LogP contribution is 2.45. The number of unbranched alkanes of at least 4 members (excludes halogenated alkanes) is 26. The lowest BCUT2D eigenvalue weighted by molar-refractivity contribution is -0.161. The molecular formula is C71H124O16P2. The summed E-state index contributed by atoms with van der Waals surface area (Å²) in [5.41, 5.74) is 0. The van der Waals surface area contributed by atoms with Gasteiger partial charge in [-0.2, -0.15) is 0 Å². The summed E-state index contributed by atoms with van der Waals surface area (Å²) in [5.74, 6) is -1.61. The molecule has 0 aromatic rings. The second-order valence-electron chi connectivity index (χ2n) is 22.9. The van der Waals surface area contributed by atoms with Crippen molar-refractivity contribution in [2.75, 3.05) is 39.6 Å². The summed E-state index contributed by atoms with van der Waals surface area (Å²) in [5, 5.41) is 20.5. The summed E-state index contributed by atoms with van der Waals surface area (Å²) in [6, 6.07) is 0. The standard InChI is InChI=1S/C71H124O16P2/c1-4-7-10-13-16-19-22-25-27-28-29-30-31-32-33-34-35-36-38-41-42-45-48-51-54-57-69(74)81-60-66(72)61-83-88(77,78)84-62-67(73)63-85-89(79,80)86-65-68(87-71(76)59-56-53-50-47-44-39-24-21-18-15-12-9-6-3)64-82-70(75)58-55-52-49-46-43-40-37-26-23-20-17-14-11-8-5-2/h8,11,16-17,19-21,24-27,29-30,32-33,37,66-68,72-73H,4-7,9-10,12-15,18,22-23,28,31,34-36,38-65H2,1-3H3,(H,77,78)(H,79,80)/b11-8-,19-16-,20-17-,24-21-,27-25-,30-29-,33-32-,37-26-. The van der Waals surface area contributed by atoms with Gasteiger partial charge in [0, 0.05) is 19.3 Å². The van der Waals surface area contributed by atoms with E-state index >= 15 is 0 Å². The monoisotopic (exact) mass is 1290 g/mol. The van der Waals surface area contributed by atoms with E-state index in [0.717, 1.165) is 141 Å². The van der Waals surface area contributed by atoms with Crippen LogP contribution in [0.15, 0.2) is 97.2 Å². The number of esters is 3. The zero-order valence-corrected chi connectivity index (χ0v) is 57.4. The molecule has 0 amide bonds. The average molecular weight is 1300 g/mol. The first-order valence-electron chi connectivity index (χ1n) is 34.5. The van der Waals surface area contributed by atoms with E-state index < -0.39 is 91.5 Å². The van der Waals surface area contributed by atoms with Crippen molar-refractivity contribution in [2.24, 2.45) is 0 Å². The molecular weight excluding hydrogens is 1170 g/mol. The molecule has 0 aliphatic carbocycles. The highest BCUT2D eigenvalue weighted by molar-refractivity contribution is 7.47. The number of allylic oxidation sites excluding steroid dienone is 16. The van der Waals surface area contributed by atoms with Crippen LogP contribution in [-0.4, -0.2) is 95.9 Å². The van der Waals surface area contributed by atoms with Crippen LogP contribution in [0.25, 0.3) is 0 Å². The third-order valence-electron chi connectivity index (χ3n) is 14.3. The van der Waals surface area contributed by atoms with Crippen LogP contribution in [0.2, 0.25) is 0 Å². The molecule has 89 heavy (non-hydrogen) atoms. The maximum Gasteiger partial charge on any atom is 0.472 e. The van der Waals surface area contributed by atoms with Gasteiger partial charge in [0.25, 0.3) is 0 Å². The van der Waals surface area contributed by atoms with Gasteiger partial charge in [-0.05, 0) is 122 Å². The second-order valence-corrected chi connectivity index (χ2v) is 25.8. The van der Waals surface area contributed by atoms with Crippen molar-refractivity contribution in [3.8, 4) is 0 Å². The van der Waals surface area contributed by atoms with E-state index in [2.05, 4.69) is 118 Å². The molecule has 0 spiro atoms. The fourth-order valence-corrected chi connectivity index (χ4v) is 10.6. The Morgan fingerprint density at radius 1 is 0.326 bits per heavy atom. The number of ether oxygens (including phenoxy) is 3. The van der Waals surface area contributed by atoms with Gasteiger partial charge in [0.15, 0.2) is 6.10 Å². The van der Waals surface area contributed by atoms with Crippen LogP contribution in [0.1, 0.15) is 278 Å². The second kappa shape index (κ2) is 64.6. The van der Waals surface area contributed by atoms with Crippen molar-refractivity contribution < 1.29 is 75.8 Å². The van der Waals surface area contributed by atoms with E-state index in [0.29, 0.717) is 19.3 Å². The van der Waals surface area contributed by atoms with E-state index in [-0.39, 0.29) is 19.3 Å². The molecule has 4 N–H and O–H groups in total. The van der Waals surface area contributed by atoms with E-state index in [9.17, 15) is 43.5 Å². The molecule has 0 radical (unpaired) electrons. The maximum absolute atomic E-state index is 12.9. The molecule has 16 nitrogen and oxygen atoms in total. The Morgan fingerprint density at radius 3 is 0.978 bits per heavy atom. The predicted octanol–water partition coefficient (Wildman–Crippen LogP) is 19.1. The molecule has 0 aromatic heterocycles. The van der Waals surface area contributed by atoms with Crippen LogP contribution in [0, 0.1) is 0 Å². The number of phosphoric ester groups is 2. The van der Waals surface area contributed by atoms with Crippen LogP contribution in [-0.2, 0) is 55.8 Å². The minimum atomic E-state index is -4.93. The van der Waals surface area contributed by atoms with Crippen LogP contribution < -0.4 is 0 Å². The third kappa shape index (κ3) is 65.8. The number of aliphatic hydroxyl groups excluding tert-OH is 2. The number of phosphoric acid groups is 2. The summed E-state index contributed by atoms with van der Waals surface area (Å²) >= 11 is 0. The van der Waals surface area contributed by atoms with Gasteiger partial charge >= 0.3 is 33.6 Å². The highest BCUT2D eigenvalue weighted by Gasteiger charge is 2.29. The Morgan fingerprint density at radius 2 is 0.596 bits per heavy atom. The lowest BCUT2D eigenvalue weighted by Crippen LogP contribution is -2.30. The third-order valence-corrected chi connectivity index (χ3v) is 16.2. The topological polar surface area (TPSA) is 231 Å². The summed E-state index contributed by atoms with van der Waals surface area (Å²) in [6.07, 6.45) is 70.4. The normalized spacial score (nSPS) is 14.8. The molecule has 5 atom stereocenters. The summed E-state index contributed by atoms with van der Waals surface area (Å²) in [4.78, 5) is 58.3. The zero-order valence-electron chi connectivity index (χ0n) is 55.6. The van der Waals surface area contributed by atoms with Gasteiger partial charge in [-0.15, -0.1) is 0 Å². The molecule has 0 aromatic carbocycles. The fourth-order valence-electron chi connectivity index (χ4n) is 8.97. The van der Waals surface area contributed by atoms with E-state index in [1.807, 2.05) is 0 Å². The number of rotatable bonds is 65. The van der Waals surface area contributed by atoms with Gasteiger partial charge < -0.3 is 34.2 Å². The summed E-state index contributed by atoms with van der Waals surface area (Å²) < 4.78 is 60.8. The minimum Gasteiger partial charge on any atom is -0.463 e. The Labute approximate surface area is 539 Å². The Hall–Kier alpha value is -3.53. The van der Waals surface area contributed by atoms with Gasteiger partial charge in [-0.3, -0.25) is 32.5 Å². The maximum atomic E-state index is 12.9. The number of hydrogen-bond donors (Lipinski definition) is 4. The summed E-state index contributed by atoms with van der Waals surface area (Å²) in [7, 11) is -9.78. The van der Waals surface area contributed by atoms with Crippen molar-refractivity contribution in [3.05, 3.63) is 97.2 Å². The number of aliphatic hydroxyl groups is 2. The first-order chi connectivity index (χ1) is 43.2. The van der Waals surface area contributed by atoms with Crippen LogP contribution in [0.4, 0.5) is 0 Å². The Bertz CT molecular complexity index is 2010. The van der Waals surface area contributed by atoms with Crippen LogP contribution in [0.5, 0.6) is 0 Å². The zero-order chi connectivity index (χ0) is 65.3. The Kier molecular flexibility index (Phi) is 62.0. The smallest absolute Gasteiger partial charge is 0.463 e. The number of hydrogen-bond acceptors (Lipinski definition) is 14. The first-order valence-corrected chi connectivity index (χ1v) is 37.5. The molecule has 0 rings (SSSR count). The predicted molar refractivity (Wildman–Crippen MR) is 362 cm³/mol. The Balaban J connectivity index is 4.54. The van der Waals surface area contributed by atoms with Gasteiger partial charge in [-0.1, -0.05) is 234 Å². The molecule has 5 unspecified atom stereocenters. The van der Waals surface area contributed by atoms with E-state index in [4.69, 9.17) is 32.3 Å². The minimum absolute atomic E-state index is 0.0901. The van der Waals surface area contributed by atoms with Crippen LogP contribution in [0.3, 0.4) is 0 Å². The van der Waals surface area contributed by atoms with E-state index in [1.54, 1.807) is 0 Å². The SMILES string of the molecule is CC/C=C\C/C=C\C/C=C\CCCCCCCC(=O)OCC(COP(=O)(O)OCC(O)COP(=O)(O)OCC(O)COC(=O)CCCCCCCCCCC/C=C\C/C=C\C/C=C\C/C=C\CCCCC)OC(=O)CCCCCCC/C=C\CCCCCC. The molecule has 0 aliphatic heterocycles. The molecule has 18 heteroatoms. The quantitative estimate of drug-likeness (QED) is 0.0146. The summed E-state index contributed by atoms with van der Waals surface area (Å²) in [6.45, 7) is 2.48. The lowest BCUT2D eigenvalue weighted by atomic mass is 10.1. The van der Waals surface area contributed by atoms with Crippen molar-refractivity contribution in [1.82, 2.24) is 0 Å². The average Bonchev–Trinajstić information content (AvgIpc) is 3.62. The molecule has 0 fully saturated rings. The van der Waals surface area contributed by atoms with E-state index in [1.165, 1.54) is 77.0 Å². The van der Waals surface area contributed by atoms with Gasteiger partial charge in [0.2, 0.25) is 0 Å². The molecule has 0 saturated heterocycles. The molecule has 0 aliphatic rings.